The molecule has 4 heteroatoms. The van der Waals surface area contributed by atoms with Crippen LogP contribution in [0.4, 0.5) is 0 Å². The predicted molar refractivity (Wildman–Crippen MR) is 70.6 cm³/mol. The molecule has 16 heavy (non-hydrogen) atoms. The Balaban J connectivity index is 2.34. The number of methoxy groups -OCH3 is 1. The van der Waals surface area contributed by atoms with Gasteiger partial charge >= 0.3 is 0 Å². The second-order valence-electron chi connectivity index (χ2n) is 3.32. The van der Waals surface area contributed by atoms with Gasteiger partial charge in [0.2, 0.25) is 0 Å². The highest BCUT2D eigenvalue weighted by Crippen LogP contribution is 2.33. The van der Waals surface area contributed by atoms with Crippen LogP contribution in [0.5, 0.6) is 5.06 Å². The Labute approximate surface area is 104 Å². The third-order valence-corrected chi connectivity index (χ3v) is 4.19. The van der Waals surface area contributed by atoms with Gasteiger partial charge in [-0.3, -0.25) is 0 Å². The fourth-order valence-corrected chi connectivity index (χ4v) is 2.73. The molecule has 0 aliphatic carbocycles. The van der Waals surface area contributed by atoms with Gasteiger partial charge in [0.25, 0.3) is 0 Å². The van der Waals surface area contributed by atoms with E-state index in [1.54, 1.807) is 30.2 Å². The molecule has 0 unspecified atom stereocenters. The van der Waals surface area contributed by atoms with E-state index < -0.39 is 0 Å². The van der Waals surface area contributed by atoms with Gasteiger partial charge in [-0.15, -0.1) is 11.8 Å². The number of nitrogens with zero attached hydrogens (tertiary/aromatic N) is 1. The molecule has 1 aromatic heterocycles. The number of aromatic nitrogens is 1. The van der Waals surface area contributed by atoms with Crippen LogP contribution >= 0.6 is 23.1 Å². The van der Waals surface area contributed by atoms with Crippen LogP contribution in [0.2, 0.25) is 0 Å². The van der Waals surface area contributed by atoms with Crippen LogP contribution in [0, 0.1) is 6.92 Å². The van der Waals surface area contributed by atoms with Crippen molar-refractivity contribution in [1.29, 1.82) is 0 Å². The summed E-state index contributed by atoms with van der Waals surface area (Å²) in [6, 6.07) is 8.43. The SMILES string of the molecule is COc1sc(-c2ccc(SC)cc2)nc1C. The van der Waals surface area contributed by atoms with Crippen LogP contribution in [0.1, 0.15) is 5.69 Å². The first-order valence-corrected chi connectivity index (χ1v) is 6.94. The lowest BCUT2D eigenvalue weighted by molar-refractivity contribution is 0.423. The van der Waals surface area contributed by atoms with Crippen molar-refractivity contribution >= 4 is 23.1 Å². The number of benzene rings is 1. The van der Waals surface area contributed by atoms with Crippen molar-refractivity contribution in [2.45, 2.75) is 11.8 Å². The molecule has 0 N–H and O–H groups in total. The van der Waals surface area contributed by atoms with E-state index >= 15 is 0 Å². The average molecular weight is 251 g/mol. The molecule has 0 atom stereocenters. The first-order valence-electron chi connectivity index (χ1n) is 4.90. The summed E-state index contributed by atoms with van der Waals surface area (Å²) in [4.78, 5) is 5.76. The van der Waals surface area contributed by atoms with Gasteiger partial charge in [-0.25, -0.2) is 4.98 Å². The Bertz CT molecular complexity index is 476. The molecule has 0 saturated carbocycles. The van der Waals surface area contributed by atoms with Crippen molar-refractivity contribution in [1.82, 2.24) is 4.98 Å². The summed E-state index contributed by atoms with van der Waals surface area (Å²) in [7, 11) is 1.68. The topological polar surface area (TPSA) is 22.1 Å². The molecule has 0 aliphatic heterocycles. The third-order valence-electron chi connectivity index (χ3n) is 2.28. The van der Waals surface area contributed by atoms with Gasteiger partial charge in [0.05, 0.1) is 12.8 Å². The Kier molecular flexibility index (Phi) is 3.51. The standard InChI is InChI=1S/C12H13NOS2/c1-8-12(14-2)16-11(13-8)9-4-6-10(15-3)7-5-9/h4-7H,1-3H3. The number of aryl methyl sites for hydroxylation is 1. The zero-order chi connectivity index (χ0) is 11.5. The highest BCUT2D eigenvalue weighted by molar-refractivity contribution is 7.98. The van der Waals surface area contributed by atoms with Crippen molar-refractivity contribution in [3.8, 4) is 15.6 Å². The van der Waals surface area contributed by atoms with Crippen LogP contribution in [0.25, 0.3) is 10.6 Å². The van der Waals surface area contributed by atoms with Gasteiger partial charge in [-0.2, -0.15) is 0 Å². The van der Waals surface area contributed by atoms with Crippen molar-refractivity contribution in [2.24, 2.45) is 0 Å². The van der Waals surface area contributed by atoms with Crippen LogP contribution in [-0.4, -0.2) is 18.3 Å². The molecule has 2 aromatic rings. The third kappa shape index (κ3) is 2.23. The largest absolute Gasteiger partial charge is 0.486 e. The predicted octanol–water partition coefficient (Wildman–Crippen LogP) is 3.85. The Morgan fingerprint density at radius 1 is 1.25 bits per heavy atom. The number of hydrogen-bond donors (Lipinski definition) is 0. The minimum Gasteiger partial charge on any atom is -0.486 e. The number of thiazole rings is 1. The fourth-order valence-electron chi connectivity index (χ4n) is 1.43. The minimum absolute atomic E-state index is 0.893. The van der Waals surface area contributed by atoms with Gasteiger partial charge in [0.15, 0.2) is 5.06 Å². The average Bonchev–Trinajstić information content (AvgIpc) is 2.71. The summed E-state index contributed by atoms with van der Waals surface area (Å²) in [6.45, 7) is 1.97. The van der Waals surface area contributed by atoms with Gasteiger partial charge in [-0.1, -0.05) is 23.5 Å². The van der Waals surface area contributed by atoms with E-state index in [0.717, 1.165) is 21.3 Å². The maximum absolute atomic E-state index is 5.24. The molecule has 84 valence electrons. The van der Waals surface area contributed by atoms with E-state index in [1.807, 2.05) is 6.92 Å². The van der Waals surface area contributed by atoms with Crippen LogP contribution in [0.15, 0.2) is 29.2 Å². The molecule has 0 spiro atoms. The fraction of sp³-hybridized carbons (Fsp3) is 0.250. The summed E-state index contributed by atoms with van der Waals surface area (Å²) in [5.74, 6) is 0. The smallest absolute Gasteiger partial charge is 0.197 e. The molecule has 0 bridgehead atoms. The number of thioether (sulfide) groups is 1. The second-order valence-corrected chi connectivity index (χ2v) is 5.17. The van der Waals surface area contributed by atoms with Crippen molar-refractivity contribution < 1.29 is 4.74 Å². The Morgan fingerprint density at radius 3 is 2.44 bits per heavy atom. The molecule has 0 saturated heterocycles. The molecular formula is C12H13NOS2. The summed E-state index contributed by atoms with van der Waals surface area (Å²) >= 11 is 3.33. The lowest BCUT2D eigenvalue weighted by Crippen LogP contribution is -1.80. The van der Waals surface area contributed by atoms with Crippen molar-refractivity contribution in [3.63, 3.8) is 0 Å². The summed E-state index contributed by atoms with van der Waals surface area (Å²) < 4.78 is 5.24. The van der Waals surface area contributed by atoms with E-state index in [-0.39, 0.29) is 0 Å². The lowest BCUT2D eigenvalue weighted by atomic mass is 10.2. The zero-order valence-electron chi connectivity index (χ0n) is 9.48. The zero-order valence-corrected chi connectivity index (χ0v) is 11.1. The lowest BCUT2D eigenvalue weighted by Gasteiger charge is -1.98. The second kappa shape index (κ2) is 4.89. The number of hydrogen-bond acceptors (Lipinski definition) is 4. The summed E-state index contributed by atoms with van der Waals surface area (Å²) in [6.07, 6.45) is 2.07. The molecule has 1 aromatic carbocycles. The molecule has 0 aliphatic rings. The minimum atomic E-state index is 0.893. The van der Waals surface area contributed by atoms with Gasteiger partial charge in [0.1, 0.15) is 5.01 Å². The molecule has 1 heterocycles. The molecule has 0 amide bonds. The number of ether oxygens (including phenoxy) is 1. The van der Waals surface area contributed by atoms with Gasteiger partial charge in [0, 0.05) is 10.5 Å². The van der Waals surface area contributed by atoms with Crippen LogP contribution < -0.4 is 4.74 Å². The van der Waals surface area contributed by atoms with E-state index in [1.165, 1.54) is 4.90 Å². The summed E-state index contributed by atoms with van der Waals surface area (Å²) in [5.41, 5.74) is 2.10. The maximum Gasteiger partial charge on any atom is 0.197 e. The molecule has 2 rings (SSSR count). The number of rotatable bonds is 3. The molecule has 2 nitrogen and oxygen atoms in total. The molecule has 0 radical (unpaired) electrons. The first kappa shape index (κ1) is 11.5. The Hall–Kier alpha value is -1.00. The van der Waals surface area contributed by atoms with Crippen LogP contribution in [-0.2, 0) is 0 Å². The highest BCUT2D eigenvalue weighted by Gasteiger charge is 2.09. The van der Waals surface area contributed by atoms with E-state index in [2.05, 4.69) is 35.5 Å². The Morgan fingerprint density at radius 2 is 1.94 bits per heavy atom. The van der Waals surface area contributed by atoms with Gasteiger partial charge < -0.3 is 4.74 Å². The van der Waals surface area contributed by atoms with Crippen molar-refractivity contribution in [2.75, 3.05) is 13.4 Å². The van der Waals surface area contributed by atoms with E-state index in [0.29, 0.717) is 0 Å². The highest BCUT2D eigenvalue weighted by atomic mass is 32.2. The monoisotopic (exact) mass is 251 g/mol. The van der Waals surface area contributed by atoms with Crippen LogP contribution in [0.3, 0.4) is 0 Å². The van der Waals surface area contributed by atoms with E-state index in [9.17, 15) is 0 Å². The molecular weight excluding hydrogens is 238 g/mol. The summed E-state index contributed by atoms with van der Waals surface area (Å²) in [5, 5.41) is 1.91. The first-order chi connectivity index (χ1) is 7.74. The van der Waals surface area contributed by atoms with Gasteiger partial charge in [-0.05, 0) is 25.3 Å². The normalized spacial score (nSPS) is 10.4. The quantitative estimate of drug-likeness (QED) is 0.774. The van der Waals surface area contributed by atoms with Crippen molar-refractivity contribution in [3.05, 3.63) is 30.0 Å². The molecule has 0 fully saturated rings. The van der Waals surface area contributed by atoms with E-state index in [4.69, 9.17) is 4.74 Å². The maximum atomic E-state index is 5.24.